The smallest absolute Gasteiger partial charge is 0.230 e. The maximum Gasteiger partial charge on any atom is 0.230 e. The second-order valence-electron chi connectivity index (χ2n) is 10.8. The number of carbonyl (C=O) groups excluding carboxylic acids is 1. The molecule has 0 unspecified atom stereocenters. The summed E-state index contributed by atoms with van der Waals surface area (Å²) < 4.78 is 5.44. The fourth-order valence-electron chi connectivity index (χ4n) is 6.01. The van der Waals surface area contributed by atoms with Crippen LogP contribution in [0.2, 0.25) is 0 Å². The minimum Gasteiger partial charge on any atom is -0.496 e. The van der Waals surface area contributed by atoms with Gasteiger partial charge in [0.2, 0.25) is 5.91 Å². The summed E-state index contributed by atoms with van der Waals surface area (Å²) in [4.78, 5) is 15.9. The third-order valence-electron chi connectivity index (χ3n) is 8.16. The van der Waals surface area contributed by atoms with Crippen LogP contribution in [-0.2, 0) is 4.79 Å². The molecule has 2 aliphatic carbocycles. The van der Waals surface area contributed by atoms with Gasteiger partial charge in [0.25, 0.3) is 0 Å². The fraction of sp³-hybridized carbons (Fsp3) is 0.455. The lowest BCUT2D eigenvalue weighted by Gasteiger charge is -2.35. The van der Waals surface area contributed by atoms with Crippen LogP contribution < -0.4 is 15.4 Å². The monoisotopic (exact) mass is 511 g/mol. The van der Waals surface area contributed by atoms with Gasteiger partial charge in [0.1, 0.15) is 11.5 Å². The van der Waals surface area contributed by atoms with E-state index in [0.29, 0.717) is 11.8 Å². The summed E-state index contributed by atoms with van der Waals surface area (Å²) in [6, 6.07) is 14.5. The summed E-state index contributed by atoms with van der Waals surface area (Å²) in [6.07, 6.45) is 12.8. The van der Waals surface area contributed by atoms with E-state index in [9.17, 15) is 4.79 Å². The molecule has 4 rings (SSSR count). The molecule has 2 aliphatic rings. The highest BCUT2D eigenvalue weighted by Gasteiger charge is 2.31. The zero-order valence-electron chi connectivity index (χ0n) is 22.8. The summed E-state index contributed by atoms with van der Waals surface area (Å²) in [7, 11) is 1.72. The van der Waals surface area contributed by atoms with Gasteiger partial charge < -0.3 is 15.4 Å². The Morgan fingerprint density at radius 1 is 1.08 bits per heavy atom. The molecule has 0 spiro atoms. The van der Waals surface area contributed by atoms with Gasteiger partial charge in [-0.1, -0.05) is 43.4 Å². The van der Waals surface area contributed by atoms with Crippen LogP contribution in [0.5, 0.6) is 5.75 Å². The first kappa shape index (κ1) is 27.5. The van der Waals surface area contributed by atoms with Crippen LogP contribution in [0.4, 0.5) is 5.69 Å². The molecule has 0 saturated heterocycles. The SMILES string of the molecule is COc1ccc(C2CCC(CN(C(=O)C3CCCCC3)c3cccc(C#CC(=N)/C=C\N)c3)CC2)cc1C. The van der Waals surface area contributed by atoms with Crippen molar-refractivity contribution in [2.45, 2.75) is 70.6 Å². The van der Waals surface area contributed by atoms with Crippen LogP contribution in [0.1, 0.15) is 80.4 Å². The molecule has 200 valence electrons. The van der Waals surface area contributed by atoms with Gasteiger partial charge in [0.05, 0.1) is 7.11 Å². The maximum absolute atomic E-state index is 13.8. The topological polar surface area (TPSA) is 79.4 Å². The van der Waals surface area contributed by atoms with Crippen LogP contribution in [0.25, 0.3) is 0 Å². The number of methoxy groups -OCH3 is 1. The number of hydrogen-bond acceptors (Lipinski definition) is 4. The van der Waals surface area contributed by atoms with Crippen molar-refractivity contribution in [2.24, 2.45) is 17.6 Å². The van der Waals surface area contributed by atoms with E-state index >= 15 is 0 Å². The molecule has 2 aromatic rings. The second kappa shape index (κ2) is 13.3. The third kappa shape index (κ3) is 7.07. The lowest BCUT2D eigenvalue weighted by Crippen LogP contribution is -2.41. The molecule has 2 fully saturated rings. The predicted molar refractivity (Wildman–Crippen MR) is 156 cm³/mol. The number of carbonyl (C=O) groups is 1. The summed E-state index contributed by atoms with van der Waals surface area (Å²) in [5, 5.41) is 7.85. The Morgan fingerprint density at radius 3 is 2.53 bits per heavy atom. The van der Waals surface area contributed by atoms with Crippen LogP contribution >= 0.6 is 0 Å². The van der Waals surface area contributed by atoms with E-state index in [1.807, 2.05) is 24.3 Å². The molecule has 5 heteroatoms. The Labute approximate surface area is 228 Å². The summed E-state index contributed by atoms with van der Waals surface area (Å²) >= 11 is 0. The van der Waals surface area contributed by atoms with E-state index < -0.39 is 0 Å². The highest BCUT2D eigenvalue weighted by molar-refractivity contribution is 6.06. The number of nitrogens with zero attached hydrogens (tertiary/aromatic N) is 1. The molecule has 0 radical (unpaired) electrons. The first-order chi connectivity index (χ1) is 18.5. The van der Waals surface area contributed by atoms with Gasteiger partial charge in [-0.25, -0.2) is 0 Å². The van der Waals surface area contributed by atoms with Crippen molar-refractivity contribution in [3.63, 3.8) is 0 Å². The van der Waals surface area contributed by atoms with E-state index in [-0.39, 0.29) is 17.5 Å². The van der Waals surface area contributed by atoms with Crippen LogP contribution in [0, 0.1) is 36.0 Å². The molecule has 5 nitrogen and oxygen atoms in total. The van der Waals surface area contributed by atoms with E-state index in [2.05, 4.69) is 41.9 Å². The molecule has 0 heterocycles. The van der Waals surface area contributed by atoms with Crippen molar-refractivity contribution in [2.75, 3.05) is 18.6 Å². The first-order valence-electron chi connectivity index (χ1n) is 14.0. The molecule has 3 N–H and O–H groups in total. The number of ether oxygens (including phenoxy) is 1. The van der Waals surface area contributed by atoms with Crippen molar-refractivity contribution in [1.29, 1.82) is 5.41 Å². The largest absolute Gasteiger partial charge is 0.496 e. The number of allylic oxidation sites excluding steroid dienone is 1. The number of anilines is 1. The zero-order chi connectivity index (χ0) is 26.9. The minimum atomic E-state index is 0.111. The highest BCUT2D eigenvalue weighted by atomic mass is 16.5. The lowest BCUT2D eigenvalue weighted by atomic mass is 9.78. The summed E-state index contributed by atoms with van der Waals surface area (Å²) in [6.45, 7) is 2.87. The number of aryl methyl sites for hydroxylation is 1. The summed E-state index contributed by atoms with van der Waals surface area (Å²) in [5.41, 5.74) is 9.85. The van der Waals surface area contributed by atoms with Crippen molar-refractivity contribution >= 4 is 17.3 Å². The van der Waals surface area contributed by atoms with Crippen molar-refractivity contribution in [3.05, 3.63) is 71.4 Å². The van der Waals surface area contributed by atoms with E-state index in [4.69, 9.17) is 15.9 Å². The van der Waals surface area contributed by atoms with Gasteiger partial charge >= 0.3 is 0 Å². The molecule has 0 aromatic heterocycles. The van der Waals surface area contributed by atoms with Crippen LogP contribution in [-0.4, -0.2) is 25.3 Å². The van der Waals surface area contributed by atoms with E-state index in [0.717, 1.165) is 74.9 Å². The van der Waals surface area contributed by atoms with Gasteiger partial charge in [0, 0.05) is 23.7 Å². The Kier molecular flexibility index (Phi) is 9.65. The normalized spacial score (nSPS) is 19.9. The minimum absolute atomic E-state index is 0.111. The number of nitrogens with two attached hydrogens (primary N) is 1. The number of hydrogen-bond donors (Lipinski definition) is 2. The molecule has 2 saturated carbocycles. The molecule has 2 aromatic carbocycles. The fourth-order valence-corrected chi connectivity index (χ4v) is 6.01. The maximum atomic E-state index is 13.8. The Balaban J connectivity index is 1.49. The summed E-state index contributed by atoms with van der Waals surface area (Å²) in [5.74, 6) is 8.25. The number of amides is 1. The van der Waals surface area contributed by atoms with Crippen molar-refractivity contribution in [3.8, 4) is 17.6 Å². The Morgan fingerprint density at radius 2 is 1.84 bits per heavy atom. The average molecular weight is 512 g/mol. The number of benzene rings is 2. The predicted octanol–water partition coefficient (Wildman–Crippen LogP) is 6.73. The standard InChI is InChI=1S/C33H41N3O2/c1-24-21-29(16-18-32(24)38-2)27-14-11-26(12-15-27)23-36(33(37)28-8-4-3-5-9-28)31-10-6-7-25(22-31)13-17-30(35)19-20-34/h6-7,10,16,18-22,26-28,35H,3-5,8-9,11-12,14-15,23,34H2,1-2H3/b20-19-,35-30?. The Bertz CT molecular complexity index is 1210. The molecule has 0 aliphatic heterocycles. The van der Waals surface area contributed by atoms with E-state index in [1.54, 1.807) is 7.11 Å². The second-order valence-corrected chi connectivity index (χ2v) is 10.8. The third-order valence-corrected chi connectivity index (χ3v) is 8.16. The molecular weight excluding hydrogens is 470 g/mol. The molecular formula is C33H41N3O2. The molecule has 1 amide bonds. The van der Waals surface area contributed by atoms with Gasteiger partial charge in [-0.15, -0.1) is 0 Å². The van der Waals surface area contributed by atoms with Crippen molar-refractivity contribution < 1.29 is 9.53 Å². The van der Waals surface area contributed by atoms with Gasteiger partial charge in [-0.05, 0) is 111 Å². The van der Waals surface area contributed by atoms with Gasteiger partial charge in [-0.2, -0.15) is 0 Å². The van der Waals surface area contributed by atoms with Crippen LogP contribution in [0.3, 0.4) is 0 Å². The quantitative estimate of drug-likeness (QED) is 0.319. The number of nitrogens with one attached hydrogen (secondary N) is 1. The van der Waals surface area contributed by atoms with Crippen LogP contribution in [0.15, 0.2) is 54.7 Å². The molecule has 38 heavy (non-hydrogen) atoms. The Hall–Kier alpha value is -3.52. The molecule has 0 bridgehead atoms. The number of rotatable bonds is 7. The lowest BCUT2D eigenvalue weighted by molar-refractivity contribution is -0.123. The van der Waals surface area contributed by atoms with E-state index in [1.165, 1.54) is 29.8 Å². The zero-order valence-corrected chi connectivity index (χ0v) is 22.8. The van der Waals surface area contributed by atoms with Crippen molar-refractivity contribution in [1.82, 2.24) is 0 Å². The van der Waals surface area contributed by atoms with Gasteiger partial charge in [-0.3, -0.25) is 10.2 Å². The average Bonchev–Trinajstić information content (AvgIpc) is 2.95. The highest BCUT2D eigenvalue weighted by Crippen LogP contribution is 2.38. The molecule has 0 atom stereocenters. The first-order valence-corrected chi connectivity index (χ1v) is 14.0. The van der Waals surface area contributed by atoms with Gasteiger partial charge in [0.15, 0.2) is 0 Å².